The van der Waals surface area contributed by atoms with Crippen molar-refractivity contribution in [2.24, 2.45) is 0 Å². The molecule has 0 spiro atoms. The third kappa shape index (κ3) is 5.08. The molecule has 1 heterocycles. The molecule has 126 valence electrons. The Hall–Kier alpha value is -2.89. The van der Waals surface area contributed by atoms with Crippen LogP contribution in [0.1, 0.15) is 36.8 Å². The smallest absolute Gasteiger partial charge is 0.412 e. The van der Waals surface area contributed by atoms with Gasteiger partial charge < -0.3 is 10.1 Å². The van der Waals surface area contributed by atoms with Gasteiger partial charge in [-0.2, -0.15) is 0 Å². The Kier molecular flexibility index (Phi) is 5.18. The van der Waals surface area contributed by atoms with E-state index in [2.05, 4.69) is 15.6 Å². The minimum atomic E-state index is -0.601. The van der Waals surface area contributed by atoms with Gasteiger partial charge in [-0.25, -0.2) is 4.79 Å². The number of amides is 2. The molecule has 0 unspecified atom stereocenters. The van der Waals surface area contributed by atoms with Gasteiger partial charge in [0.1, 0.15) is 5.60 Å². The van der Waals surface area contributed by atoms with Crippen molar-refractivity contribution in [2.75, 3.05) is 10.6 Å². The summed E-state index contributed by atoms with van der Waals surface area (Å²) in [5.74, 6) is -0.305. The normalized spacial score (nSPS) is 10.8. The van der Waals surface area contributed by atoms with E-state index in [1.165, 1.54) is 6.20 Å². The molecule has 24 heavy (non-hydrogen) atoms. The summed E-state index contributed by atoms with van der Waals surface area (Å²) < 4.78 is 5.23. The molecule has 2 rings (SSSR count). The number of carbonyl (C=O) groups is 2. The Morgan fingerprint density at radius 3 is 2.17 bits per heavy atom. The minimum Gasteiger partial charge on any atom is -0.444 e. The van der Waals surface area contributed by atoms with Crippen LogP contribution in [0.15, 0.2) is 42.6 Å². The molecule has 2 amide bonds. The van der Waals surface area contributed by atoms with Crippen LogP contribution in [-0.4, -0.2) is 22.6 Å². The van der Waals surface area contributed by atoms with Gasteiger partial charge in [0, 0.05) is 11.9 Å². The maximum Gasteiger partial charge on any atom is 0.412 e. The van der Waals surface area contributed by atoms with Crippen LogP contribution < -0.4 is 10.6 Å². The van der Waals surface area contributed by atoms with Gasteiger partial charge in [0.25, 0.3) is 5.91 Å². The standard InChI is InChI=1S/C18H21N3O3/c1-12-9-10-13(11-19-12)16(22)20-14-7-5-6-8-15(14)21-17(23)24-18(2,3)4/h5-11H,1-4H3,(H,20,22)(H,21,23). The molecule has 6 heteroatoms. The van der Waals surface area contributed by atoms with Gasteiger partial charge >= 0.3 is 6.09 Å². The van der Waals surface area contributed by atoms with Crippen molar-refractivity contribution in [3.8, 4) is 0 Å². The van der Waals surface area contributed by atoms with Gasteiger partial charge in [0.05, 0.1) is 16.9 Å². The molecule has 1 aromatic carbocycles. The van der Waals surface area contributed by atoms with Crippen LogP contribution in [0, 0.1) is 6.92 Å². The summed E-state index contributed by atoms with van der Waals surface area (Å²) in [5.41, 5.74) is 1.61. The molecule has 0 saturated heterocycles. The van der Waals surface area contributed by atoms with E-state index in [1.807, 2.05) is 6.92 Å². The molecule has 2 aromatic rings. The number of nitrogens with one attached hydrogen (secondary N) is 2. The Labute approximate surface area is 141 Å². The van der Waals surface area contributed by atoms with Crippen LogP contribution in [0.5, 0.6) is 0 Å². The zero-order chi connectivity index (χ0) is 17.7. The average Bonchev–Trinajstić information content (AvgIpc) is 2.48. The third-order valence-corrected chi connectivity index (χ3v) is 2.98. The van der Waals surface area contributed by atoms with Crippen LogP contribution in [0.4, 0.5) is 16.2 Å². The number of nitrogens with zero attached hydrogens (tertiary/aromatic N) is 1. The molecular formula is C18H21N3O3. The summed E-state index contributed by atoms with van der Waals surface area (Å²) in [6.45, 7) is 7.20. The number of anilines is 2. The quantitative estimate of drug-likeness (QED) is 0.893. The third-order valence-electron chi connectivity index (χ3n) is 2.98. The van der Waals surface area contributed by atoms with Gasteiger partial charge in [-0.15, -0.1) is 0 Å². The second kappa shape index (κ2) is 7.12. The summed E-state index contributed by atoms with van der Waals surface area (Å²) in [6.07, 6.45) is 0.926. The van der Waals surface area contributed by atoms with Crippen LogP contribution in [-0.2, 0) is 4.74 Å². The zero-order valence-corrected chi connectivity index (χ0v) is 14.2. The molecule has 0 aliphatic carbocycles. The first kappa shape index (κ1) is 17.5. The molecule has 1 aromatic heterocycles. The molecule has 6 nitrogen and oxygen atoms in total. The van der Waals surface area contributed by atoms with Crippen LogP contribution in [0.2, 0.25) is 0 Å². The molecule has 0 saturated carbocycles. The molecule has 2 N–H and O–H groups in total. The highest BCUT2D eigenvalue weighted by Gasteiger charge is 2.17. The van der Waals surface area contributed by atoms with Crippen molar-refractivity contribution in [1.82, 2.24) is 4.98 Å². The second-order valence-electron chi connectivity index (χ2n) is 6.31. The van der Waals surface area contributed by atoms with Gasteiger partial charge in [0.15, 0.2) is 0 Å². The van der Waals surface area contributed by atoms with E-state index < -0.39 is 11.7 Å². The lowest BCUT2D eigenvalue weighted by atomic mass is 10.2. The van der Waals surface area contributed by atoms with Crippen molar-refractivity contribution >= 4 is 23.4 Å². The molecule has 0 bridgehead atoms. The number of ether oxygens (including phenoxy) is 1. The Bertz CT molecular complexity index is 734. The fourth-order valence-corrected chi connectivity index (χ4v) is 1.91. The molecule has 0 radical (unpaired) electrons. The van der Waals surface area contributed by atoms with E-state index in [4.69, 9.17) is 4.74 Å². The highest BCUT2D eigenvalue weighted by Crippen LogP contribution is 2.22. The van der Waals surface area contributed by atoms with Gasteiger partial charge in [-0.05, 0) is 52.0 Å². The predicted octanol–water partition coefficient (Wildman–Crippen LogP) is 3.99. The van der Waals surface area contributed by atoms with Crippen molar-refractivity contribution in [2.45, 2.75) is 33.3 Å². The first-order valence-corrected chi connectivity index (χ1v) is 7.58. The van der Waals surface area contributed by atoms with Crippen LogP contribution in [0.25, 0.3) is 0 Å². The van der Waals surface area contributed by atoms with Gasteiger partial charge in [-0.1, -0.05) is 12.1 Å². The van der Waals surface area contributed by atoms with E-state index >= 15 is 0 Å². The van der Waals surface area contributed by atoms with E-state index in [0.717, 1.165) is 5.69 Å². The van der Waals surface area contributed by atoms with Crippen molar-refractivity contribution < 1.29 is 14.3 Å². The zero-order valence-electron chi connectivity index (χ0n) is 14.2. The average molecular weight is 327 g/mol. The minimum absolute atomic E-state index is 0.305. The molecule has 0 atom stereocenters. The van der Waals surface area contributed by atoms with Crippen molar-refractivity contribution in [3.05, 3.63) is 53.9 Å². The van der Waals surface area contributed by atoms with E-state index in [-0.39, 0.29) is 5.91 Å². The lowest BCUT2D eigenvalue weighted by Crippen LogP contribution is -2.27. The number of para-hydroxylation sites is 2. The van der Waals surface area contributed by atoms with E-state index in [1.54, 1.807) is 57.2 Å². The number of aryl methyl sites for hydroxylation is 1. The molecule has 0 aliphatic heterocycles. The van der Waals surface area contributed by atoms with Crippen molar-refractivity contribution in [1.29, 1.82) is 0 Å². The topological polar surface area (TPSA) is 80.3 Å². The lowest BCUT2D eigenvalue weighted by Gasteiger charge is -2.20. The van der Waals surface area contributed by atoms with Crippen molar-refractivity contribution in [3.63, 3.8) is 0 Å². The summed E-state index contributed by atoms with van der Waals surface area (Å²) in [6, 6.07) is 10.4. The largest absolute Gasteiger partial charge is 0.444 e. The summed E-state index contributed by atoms with van der Waals surface area (Å²) in [5, 5.41) is 5.41. The molecule has 0 aliphatic rings. The Morgan fingerprint density at radius 2 is 1.62 bits per heavy atom. The second-order valence-corrected chi connectivity index (χ2v) is 6.31. The summed E-state index contributed by atoms with van der Waals surface area (Å²) in [7, 11) is 0. The maximum atomic E-state index is 12.3. The fourth-order valence-electron chi connectivity index (χ4n) is 1.91. The van der Waals surface area contributed by atoms with Crippen LogP contribution in [0.3, 0.4) is 0 Å². The highest BCUT2D eigenvalue weighted by atomic mass is 16.6. The maximum absolute atomic E-state index is 12.3. The molecular weight excluding hydrogens is 306 g/mol. The molecule has 0 fully saturated rings. The number of hydrogen-bond donors (Lipinski definition) is 2. The van der Waals surface area contributed by atoms with E-state index in [9.17, 15) is 9.59 Å². The SMILES string of the molecule is Cc1ccc(C(=O)Nc2ccccc2NC(=O)OC(C)(C)C)cn1. The number of carbonyl (C=O) groups excluding carboxylic acids is 2. The van der Waals surface area contributed by atoms with Gasteiger partial charge in [-0.3, -0.25) is 15.1 Å². The highest BCUT2D eigenvalue weighted by molar-refractivity contribution is 6.06. The number of hydrogen-bond acceptors (Lipinski definition) is 4. The monoisotopic (exact) mass is 327 g/mol. The first-order valence-electron chi connectivity index (χ1n) is 7.58. The Morgan fingerprint density at radius 1 is 1.00 bits per heavy atom. The lowest BCUT2D eigenvalue weighted by molar-refractivity contribution is 0.0635. The van der Waals surface area contributed by atoms with Crippen LogP contribution >= 0.6 is 0 Å². The number of rotatable bonds is 3. The summed E-state index contributed by atoms with van der Waals surface area (Å²) in [4.78, 5) is 28.3. The number of benzene rings is 1. The first-order chi connectivity index (χ1) is 11.2. The van der Waals surface area contributed by atoms with E-state index in [0.29, 0.717) is 16.9 Å². The Balaban J connectivity index is 2.12. The number of aromatic nitrogens is 1. The number of pyridine rings is 1. The predicted molar refractivity (Wildman–Crippen MR) is 93.2 cm³/mol. The van der Waals surface area contributed by atoms with Gasteiger partial charge in [0.2, 0.25) is 0 Å². The fraction of sp³-hybridized carbons (Fsp3) is 0.278. The summed E-state index contributed by atoms with van der Waals surface area (Å²) >= 11 is 0.